The highest BCUT2D eigenvalue weighted by molar-refractivity contribution is 7.90. The van der Waals surface area contributed by atoms with E-state index >= 15 is 0 Å². The van der Waals surface area contributed by atoms with Gasteiger partial charge in [-0.15, -0.1) is 0 Å². The molecule has 0 heterocycles. The van der Waals surface area contributed by atoms with E-state index in [4.69, 9.17) is 5.73 Å². The highest BCUT2D eigenvalue weighted by Gasteiger charge is 2.13. The van der Waals surface area contributed by atoms with Crippen LogP contribution in [0.25, 0.3) is 0 Å². The smallest absolute Gasteiger partial charge is 0.251 e. The second kappa shape index (κ2) is 6.71. The minimum Gasteiger partial charge on any atom is -0.399 e. The molecule has 0 unspecified atom stereocenters. The molecular formula is C13H21N3O3S. The van der Waals surface area contributed by atoms with Crippen LogP contribution in [0.5, 0.6) is 0 Å². The van der Waals surface area contributed by atoms with Crippen molar-refractivity contribution in [2.75, 3.05) is 38.7 Å². The molecule has 0 radical (unpaired) electrons. The van der Waals surface area contributed by atoms with Crippen molar-refractivity contribution in [3.05, 3.63) is 23.8 Å². The van der Waals surface area contributed by atoms with Gasteiger partial charge in [0.15, 0.2) is 9.84 Å². The topological polar surface area (TPSA) is 92.5 Å². The molecule has 20 heavy (non-hydrogen) atoms. The van der Waals surface area contributed by atoms with Gasteiger partial charge in [-0.1, -0.05) is 6.92 Å². The van der Waals surface area contributed by atoms with Gasteiger partial charge in [0.05, 0.1) is 4.90 Å². The van der Waals surface area contributed by atoms with E-state index < -0.39 is 9.84 Å². The van der Waals surface area contributed by atoms with Gasteiger partial charge in [0.25, 0.3) is 5.91 Å². The lowest BCUT2D eigenvalue weighted by atomic mass is 10.2. The van der Waals surface area contributed by atoms with E-state index in [2.05, 4.69) is 10.2 Å². The van der Waals surface area contributed by atoms with Crippen molar-refractivity contribution in [3.8, 4) is 0 Å². The summed E-state index contributed by atoms with van der Waals surface area (Å²) in [5.74, 6) is -0.327. The minimum atomic E-state index is -3.39. The summed E-state index contributed by atoms with van der Waals surface area (Å²) < 4.78 is 23.0. The third-order valence-corrected chi connectivity index (χ3v) is 4.03. The van der Waals surface area contributed by atoms with Crippen LogP contribution >= 0.6 is 0 Å². The lowest BCUT2D eigenvalue weighted by Gasteiger charge is -2.14. The number of nitrogens with one attached hydrogen (secondary N) is 1. The molecule has 112 valence electrons. The number of hydrogen-bond donors (Lipinski definition) is 2. The maximum Gasteiger partial charge on any atom is 0.251 e. The number of hydrogen-bond acceptors (Lipinski definition) is 5. The van der Waals surface area contributed by atoms with Crippen molar-refractivity contribution in [3.63, 3.8) is 0 Å². The largest absolute Gasteiger partial charge is 0.399 e. The Morgan fingerprint density at radius 3 is 2.55 bits per heavy atom. The second-order valence-electron chi connectivity index (χ2n) is 4.71. The molecule has 0 aliphatic carbocycles. The van der Waals surface area contributed by atoms with Crippen molar-refractivity contribution < 1.29 is 13.2 Å². The first-order chi connectivity index (χ1) is 9.24. The number of rotatable bonds is 6. The molecule has 0 saturated carbocycles. The Kier molecular flexibility index (Phi) is 5.52. The molecule has 0 aliphatic rings. The summed E-state index contributed by atoms with van der Waals surface area (Å²) in [5, 5.41) is 2.74. The number of nitrogens with zero attached hydrogens (tertiary/aromatic N) is 1. The lowest BCUT2D eigenvalue weighted by molar-refractivity contribution is 0.0950. The molecule has 0 aromatic heterocycles. The molecule has 1 amide bonds. The molecule has 0 aliphatic heterocycles. The number of likely N-dealkylation sites (N-methyl/N-ethyl adjacent to an activating group) is 1. The molecule has 3 N–H and O–H groups in total. The monoisotopic (exact) mass is 299 g/mol. The van der Waals surface area contributed by atoms with Gasteiger partial charge in [-0.05, 0) is 31.8 Å². The predicted molar refractivity (Wildman–Crippen MR) is 79.5 cm³/mol. The number of nitrogens with two attached hydrogens (primary N) is 1. The van der Waals surface area contributed by atoms with Gasteiger partial charge in [0.2, 0.25) is 0 Å². The summed E-state index contributed by atoms with van der Waals surface area (Å²) in [6, 6.07) is 4.15. The normalized spacial score (nSPS) is 11.6. The van der Waals surface area contributed by atoms with Crippen molar-refractivity contribution in [1.82, 2.24) is 10.2 Å². The highest BCUT2D eigenvalue weighted by Crippen LogP contribution is 2.16. The van der Waals surface area contributed by atoms with Crippen LogP contribution in [-0.4, -0.2) is 52.2 Å². The zero-order chi connectivity index (χ0) is 15.3. The number of amides is 1. The molecule has 0 spiro atoms. The Balaban J connectivity index is 2.81. The van der Waals surface area contributed by atoms with E-state index in [1.54, 1.807) is 0 Å². The molecular weight excluding hydrogens is 278 g/mol. The van der Waals surface area contributed by atoms with Gasteiger partial charge in [-0.3, -0.25) is 4.79 Å². The van der Waals surface area contributed by atoms with E-state index in [0.717, 1.165) is 19.3 Å². The number of anilines is 1. The summed E-state index contributed by atoms with van der Waals surface area (Å²) >= 11 is 0. The lowest BCUT2D eigenvalue weighted by Crippen LogP contribution is -2.33. The maximum atomic E-state index is 12.0. The summed E-state index contributed by atoms with van der Waals surface area (Å²) in [6.07, 6.45) is 1.08. The number of carbonyl (C=O) groups excluding carboxylic acids is 1. The van der Waals surface area contributed by atoms with Gasteiger partial charge in [0.1, 0.15) is 0 Å². The molecule has 1 aromatic rings. The molecule has 0 atom stereocenters. The Bertz CT molecular complexity index is 585. The van der Waals surface area contributed by atoms with E-state index in [9.17, 15) is 13.2 Å². The van der Waals surface area contributed by atoms with E-state index in [1.807, 2.05) is 14.0 Å². The molecule has 7 heteroatoms. The second-order valence-corrected chi connectivity index (χ2v) is 6.73. The molecule has 1 aromatic carbocycles. The standard InChI is InChI=1S/C13H21N3O3S/c1-4-16(2)6-5-15-13(17)10-7-11(14)9-12(8-10)20(3,18)19/h7-9H,4-6,14H2,1-3H3,(H,15,17). The molecule has 0 fully saturated rings. The van der Waals surface area contributed by atoms with Crippen LogP contribution in [0.2, 0.25) is 0 Å². The van der Waals surface area contributed by atoms with Crippen LogP contribution in [0.3, 0.4) is 0 Å². The summed E-state index contributed by atoms with van der Waals surface area (Å²) in [5.41, 5.74) is 6.15. The maximum absolute atomic E-state index is 12.0. The fraction of sp³-hybridized carbons (Fsp3) is 0.462. The molecule has 0 saturated heterocycles. The van der Waals surface area contributed by atoms with E-state index in [1.165, 1.54) is 18.2 Å². The molecule has 1 rings (SSSR count). The first-order valence-electron chi connectivity index (χ1n) is 6.31. The zero-order valence-electron chi connectivity index (χ0n) is 12.0. The van der Waals surface area contributed by atoms with Gasteiger partial charge in [0, 0.05) is 30.6 Å². The first kappa shape index (κ1) is 16.5. The molecule has 0 bridgehead atoms. The first-order valence-corrected chi connectivity index (χ1v) is 8.20. The minimum absolute atomic E-state index is 0.0494. The Morgan fingerprint density at radius 2 is 2.00 bits per heavy atom. The van der Waals surface area contributed by atoms with Crippen LogP contribution in [0, 0.1) is 0 Å². The quantitative estimate of drug-likeness (QED) is 0.740. The Labute approximate surface area is 119 Å². The van der Waals surface area contributed by atoms with E-state index in [-0.39, 0.29) is 22.1 Å². The summed E-state index contributed by atoms with van der Waals surface area (Å²) in [4.78, 5) is 14.1. The third-order valence-electron chi connectivity index (χ3n) is 2.94. The average Bonchev–Trinajstić information content (AvgIpc) is 2.36. The van der Waals surface area contributed by atoms with Crippen molar-refractivity contribution in [1.29, 1.82) is 0 Å². The fourth-order valence-electron chi connectivity index (χ4n) is 1.59. The molecule has 6 nitrogen and oxygen atoms in total. The van der Waals surface area contributed by atoms with Crippen LogP contribution < -0.4 is 11.1 Å². The predicted octanol–water partition coefficient (Wildman–Crippen LogP) is 0.354. The average molecular weight is 299 g/mol. The van der Waals surface area contributed by atoms with E-state index in [0.29, 0.717) is 6.54 Å². The van der Waals surface area contributed by atoms with Gasteiger partial charge in [-0.25, -0.2) is 8.42 Å². The van der Waals surface area contributed by atoms with Crippen molar-refractivity contribution in [2.24, 2.45) is 0 Å². The number of benzene rings is 1. The van der Waals surface area contributed by atoms with Crippen molar-refractivity contribution in [2.45, 2.75) is 11.8 Å². The van der Waals surface area contributed by atoms with Gasteiger partial charge >= 0.3 is 0 Å². The summed E-state index contributed by atoms with van der Waals surface area (Å²) in [6.45, 7) is 4.14. The SMILES string of the molecule is CCN(C)CCNC(=O)c1cc(N)cc(S(C)(=O)=O)c1. The highest BCUT2D eigenvalue weighted by atomic mass is 32.2. The van der Waals surface area contributed by atoms with Gasteiger partial charge in [-0.2, -0.15) is 0 Å². The van der Waals surface area contributed by atoms with Crippen LogP contribution in [-0.2, 0) is 9.84 Å². The number of carbonyl (C=O) groups is 1. The third kappa shape index (κ3) is 4.82. The fourth-order valence-corrected chi connectivity index (χ4v) is 2.28. The summed E-state index contributed by atoms with van der Waals surface area (Å²) in [7, 11) is -1.43. The van der Waals surface area contributed by atoms with Crippen LogP contribution in [0.4, 0.5) is 5.69 Å². The number of nitrogen functional groups attached to an aromatic ring is 1. The van der Waals surface area contributed by atoms with Crippen LogP contribution in [0.15, 0.2) is 23.1 Å². The Hall–Kier alpha value is -1.60. The van der Waals surface area contributed by atoms with Gasteiger partial charge < -0.3 is 16.0 Å². The number of sulfone groups is 1. The Morgan fingerprint density at radius 1 is 1.35 bits per heavy atom. The van der Waals surface area contributed by atoms with Crippen LogP contribution in [0.1, 0.15) is 17.3 Å². The zero-order valence-corrected chi connectivity index (χ0v) is 12.8. The van der Waals surface area contributed by atoms with Crippen molar-refractivity contribution >= 4 is 21.4 Å².